The van der Waals surface area contributed by atoms with Gasteiger partial charge in [-0.25, -0.2) is 13.4 Å². The SMILES string of the molecule is CS(=O)(=O)Nc1ccc2nc(-c3ccc(-c4ccc(C5CCC(CC(=O)O)CC5)cc4)nc3)[nH]c2c1. The van der Waals surface area contributed by atoms with Crippen molar-refractivity contribution in [1.29, 1.82) is 0 Å². The number of carboxylic acid groups (broad SMARTS) is 1. The number of hydrogen-bond acceptors (Lipinski definition) is 5. The highest BCUT2D eigenvalue weighted by molar-refractivity contribution is 7.92. The van der Waals surface area contributed by atoms with Crippen molar-refractivity contribution in [3.63, 3.8) is 0 Å². The van der Waals surface area contributed by atoms with Crippen LogP contribution in [0.1, 0.15) is 43.6 Å². The fourth-order valence-corrected chi connectivity index (χ4v) is 5.56. The zero-order chi connectivity index (χ0) is 25.3. The Hall–Kier alpha value is -3.72. The Morgan fingerprint density at radius 1 is 1.03 bits per heavy atom. The van der Waals surface area contributed by atoms with Gasteiger partial charge in [0, 0.05) is 23.7 Å². The van der Waals surface area contributed by atoms with Gasteiger partial charge in [0.05, 0.1) is 28.7 Å². The third kappa shape index (κ3) is 5.57. The molecule has 0 saturated heterocycles. The van der Waals surface area contributed by atoms with Gasteiger partial charge in [-0.05, 0) is 73.4 Å². The zero-order valence-corrected chi connectivity index (χ0v) is 20.8. The van der Waals surface area contributed by atoms with Crippen LogP contribution in [0.25, 0.3) is 33.7 Å². The smallest absolute Gasteiger partial charge is 0.303 e. The van der Waals surface area contributed by atoms with Crippen LogP contribution >= 0.6 is 0 Å². The number of aromatic amines is 1. The molecule has 186 valence electrons. The van der Waals surface area contributed by atoms with E-state index in [0.717, 1.165) is 59.8 Å². The predicted molar refractivity (Wildman–Crippen MR) is 140 cm³/mol. The van der Waals surface area contributed by atoms with E-state index < -0.39 is 16.0 Å². The molecule has 36 heavy (non-hydrogen) atoms. The summed E-state index contributed by atoms with van der Waals surface area (Å²) in [6.45, 7) is 0. The lowest BCUT2D eigenvalue weighted by Crippen LogP contribution is -2.16. The largest absolute Gasteiger partial charge is 0.481 e. The van der Waals surface area contributed by atoms with E-state index in [1.165, 1.54) is 5.56 Å². The molecule has 1 fully saturated rings. The van der Waals surface area contributed by atoms with Gasteiger partial charge in [0.15, 0.2) is 0 Å². The Balaban J connectivity index is 1.27. The Kier molecular flexibility index (Phi) is 6.49. The molecule has 0 unspecified atom stereocenters. The molecule has 0 bridgehead atoms. The van der Waals surface area contributed by atoms with E-state index in [4.69, 9.17) is 5.11 Å². The molecule has 5 rings (SSSR count). The summed E-state index contributed by atoms with van der Waals surface area (Å²) in [5, 5.41) is 9.01. The fourth-order valence-electron chi connectivity index (χ4n) is 5.00. The number of anilines is 1. The second-order valence-electron chi connectivity index (χ2n) is 9.56. The Labute approximate surface area is 209 Å². The molecule has 1 aliphatic carbocycles. The van der Waals surface area contributed by atoms with Crippen LogP contribution in [0, 0.1) is 5.92 Å². The molecular formula is C27H28N4O4S. The van der Waals surface area contributed by atoms with Gasteiger partial charge in [-0.1, -0.05) is 24.3 Å². The molecule has 2 heterocycles. The number of rotatable bonds is 7. The number of imidazole rings is 1. The molecule has 4 aromatic rings. The van der Waals surface area contributed by atoms with Crippen LogP contribution in [0.4, 0.5) is 5.69 Å². The van der Waals surface area contributed by atoms with Crippen LogP contribution < -0.4 is 4.72 Å². The van der Waals surface area contributed by atoms with Crippen molar-refractivity contribution in [3.8, 4) is 22.6 Å². The highest BCUT2D eigenvalue weighted by atomic mass is 32.2. The van der Waals surface area contributed by atoms with Crippen LogP contribution in [0.5, 0.6) is 0 Å². The van der Waals surface area contributed by atoms with Crippen LogP contribution in [0.15, 0.2) is 60.8 Å². The number of pyridine rings is 1. The summed E-state index contributed by atoms with van der Waals surface area (Å²) in [5.41, 5.74) is 5.98. The molecule has 9 heteroatoms. The first kappa shape index (κ1) is 24.0. The van der Waals surface area contributed by atoms with Crippen LogP contribution in [-0.2, 0) is 14.8 Å². The van der Waals surface area contributed by atoms with Gasteiger partial charge in [0.25, 0.3) is 0 Å². The second kappa shape index (κ2) is 9.73. The summed E-state index contributed by atoms with van der Waals surface area (Å²) in [6.07, 6.45) is 7.19. The lowest BCUT2D eigenvalue weighted by atomic mass is 9.77. The number of nitrogens with zero attached hydrogens (tertiary/aromatic N) is 2. The number of carbonyl (C=O) groups is 1. The molecule has 2 aromatic heterocycles. The molecule has 1 aliphatic rings. The maximum atomic E-state index is 11.5. The summed E-state index contributed by atoms with van der Waals surface area (Å²) in [5.74, 6) is 0.756. The molecule has 0 aliphatic heterocycles. The minimum absolute atomic E-state index is 0.281. The summed E-state index contributed by atoms with van der Waals surface area (Å²) >= 11 is 0. The average Bonchev–Trinajstić information content (AvgIpc) is 3.27. The van der Waals surface area contributed by atoms with Gasteiger partial charge in [-0.2, -0.15) is 0 Å². The Bertz CT molecular complexity index is 1490. The Morgan fingerprint density at radius 3 is 2.39 bits per heavy atom. The number of carboxylic acids is 1. The zero-order valence-electron chi connectivity index (χ0n) is 19.9. The lowest BCUT2D eigenvalue weighted by Gasteiger charge is -2.28. The van der Waals surface area contributed by atoms with Crippen molar-refractivity contribution < 1.29 is 18.3 Å². The molecule has 8 nitrogen and oxygen atoms in total. The van der Waals surface area contributed by atoms with E-state index in [-0.39, 0.29) is 6.42 Å². The van der Waals surface area contributed by atoms with E-state index >= 15 is 0 Å². The molecule has 1 saturated carbocycles. The van der Waals surface area contributed by atoms with Gasteiger partial charge in [0.1, 0.15) is 5.82 Å². The monoisotopic (exact) mass is 504 g/mol. The van der Waals surface area contributed by atoms with Crippen molar-refractivity contribution in [3.05, 3.63) is 66.4 Å². The lowest BCUT2D eigenvalue weighted by molar-refractivity contribution is -0.138. The van der Waals surface area contributed by atoms with Crippen molar-refractivity contribution in [2.24, 2.45) is 5.92 Å². The quantitative estimate of drug-likeness (QED) is 0.309. The third-order valence-electron chi connectivity index (χ3n) is 6.81. The molecule has 0 radical (unpaired) electrons. The standard InChI is InChI=1S/C27H28N4O4S/c1-36(34,35)31-22-11-13-24-25(15-22)30-27(29-24)21-10-12-23(28-16-21)20-8-6-19(7-9-20)18-4-2-17(3-5-18)14-26(32)33/h6-13,15-18,31H,2-5,14H2,1H3,(H,29,30)(H,32,33). The maximum Gasteiger partial charge on any atom is 0.303 e. The van der Waals surface area contributed by atoms with E-state index in [1.54, 1.807) is 24.4 Å². The number of fused-ring (bicyclic) bond motifs is 1. The minimum Gasteiger partial charge on any atom is -0.481 e. The first-order chi connectivity index (χ1) is 17.2. The molecule has 0 atom stereocenters. The highest BCUT2D eigenvalue weighted by Crippen LogP contribution is 2.37. The van der Waals surface area contributed by atoms with Gasteiger partial charge < -0.3 is 10.1 Å². The topological polar surface area (TPSA) is 125 Å². The number of benzene rings is 2. The number of hydrogen-bond donors (Lipinski definition) is 3. The molecular weight excluding hydrogens is 476 g/mol. The van der Waals surface area contributed by atoms with Crippen molar-refractivity contribution in [1.82, 2.24) is 15.0 Å². The number of aromatic nitrogens is 3. The van der Waals surface area contributed by atoms with Crippen molar-refractivity contribution in [2.75, 3.05) is 11.0 Å². The van der Waals surface area contributed by atoms with Gasteiger partial charge in [-0.3, -0.25) is 14.5 Å². The van der Waals surface area contributed by atoms with Gasteiger partial charge in [-0.15, -0.1) is 0 Å². The average molecular weight is 505 g/mol. The molecule has 2 aromatic carbocycles. The summed E-state index contributed by atoms with van der Waals surface area (Å²) in [4.78, 5) is 23.4. The van der Waals surface area contributed by atoms with E-state index in [2.05, 4.69) is 43.9 Å². The molecule has 0 amide bonds. The summed E-state index contributed by atoms with van der Waals surface area (Å²) in [7, 11) is -3.35. The normalized spacial score (nSPS) is 18.2. The van der Waals surface area contributed by atoms with E-state index in [9.17, 15) is 13.2 Å². The predicted octanol–water partition coefficient (Wildman–Crippen LogP) is 5.41. The van der Waals surface area contributed by atoms with E-state index in [1.807, 2.05) is 12.1 Å². The number of H-pyrrole nitrogens is 1. The van der Waals surface area contributed by atoms with Crippen LogP contribution in [0.2, 0.25) is 0 Å². The van der Waals surface area contributed by atoms with Gasteiger partial charge >= 0.3 is 5.97 Å². The third-order valence-corrected chi connectivity index (χ3v) is 7.42. The molecule has 0 spiro atoms. The number of nitrogens with one attached hydrogen (secondary N) is 2. The second-order valence-corrected chi connectivity index (χ2v) is 11.3. The summed E-state index contributed by atoms with van der Waals surface area (Å²) < 4.78 is 25.5. The first-order valence-corrected chi connectivity index (χ1v) is 13.9. The van der Waals surface area contributed by atoms with Crippen molar-refractivity contribution >= 4 is 32.7 Å². The van der Waals surface area contributed by atoms with E-state index in [0.29, 0.717) is 23.3 Å². The first-order valence-electron chi connectivity index (χ1n) is 12.0. The number of sulfonamides is 1. The highest BCUT2D eigenvalue weighted by Gasteiger charge is 2.24. The summed E-state index contributed by atoms with van der Waals surface area (Å²) in [6, 6.07) is 17.6. The maximum absolute atomic E-state index is 11.5. The van der Waals surface area contributed by atoms with Gasteiger partial charge in [0.2, 0.25) is 10.0 Å². The molecule has 3 N–H and O–H groups in total. The van der Waals surface area contributed by atoms with Crippen LogP contribution in [0.3, 0.4) is 0 Å². The minimum atomic E-state index is -3.35. The Morgan fingerprint density at radius 2 is 1.75 bits per heavy atom. The fraction of sp³-hybridized carbons (Fsp3) is 0.296. The van der Waals surface area contributed by atoms with Crippen molar-refractivity contribution in [2.45, 2.75) is 38.0 Å². The van der Waals surface area contributed by atoms with Crippen LogP contribution in [-0.4, -0.2) is 40.7 Å². The number of aliphatic carboxylic acids is 1.